The van der Waals surface area contributed by atoms with Crippen molar-refractivity contribution in [3.05, 3.63) is 38.8 Å². The average molecular weight is 323 g/mol. The molecular formula is C14H17N3O2S2. The molecule has 2 aromatic rings. The van der Waals surface area contributed by atoms with Crippen LogP contribution in [0, 0.1) is 5.92 Å². The highest BCUT2D eigenvalue weighted by Crippen LogP contribution is 2.11. The Morgan fingerprint density at radius 1 is 1.29 bits per heavy atom. The number of rotatable bonds is 4. The van der Waals surface area contributed by atoms with Gasteiger partial charge in [-0.15, -0.1) is 22.7 Å². The van der Waals surface area contributed by atoms with Gasteiger partial charge in [0, 0.05) is 18.6 Å². The van der Waals surface area contributed by atoms with Gasteiger partial charge in [0.15, 0.2) is 4.80 Å². The summed E-state index contributed by atoms with van der Waals surface area (Å²) < 4.78 is 1.78. The maximum absolute atomic E-state index is 12.3. The van der Waals surface area contributed by atoms with E-state index < -0.39 is 6.04 Å². The van der Waals surface area contributed by atoms with Gasteiger partial charge in [0.1, 0.15) is 6.04 Å². The second kappa shape index (κ2) is 6.82. The van der Waals surface area contributed by atoms with E-state index >= 15 is 0 Å². The molecule has 2 aromatic heterocycles. The second-order valence-electron chi connectivity index (χ2n) is 4.92. The summed E-state index contributed by atoms with van der Waals surface area (Å²) in [6, 6.07) is 2.92. The van der Waals surface area contributed by atoms with E-state index in [2.05, 4.69) is 10.3 Å². The summed E-state index contributed by atoms with van der Waals surface area (Å²) in [6.45, 7) is 3.78. The molecule has 0 spiro atoms. The smallest absolute Gasteiger partial charge is 0.271 e. The Morgan fingerprint density at radius 2 is 2.05 bits per heavy atom. The lowest BCUT2D eigenvalue weighted by Crippen LogP contribution is -2.44. The number of hydrogen-bond acceptors (Lipinski definition) is 4. The molecule has 0 radical (unpaired) electrons. The summed E-state index contributed by atoms with van der Waals surface area (Å²) in [6.07, 6.45) is 1.84. The van der Waals surface area contributed by atoms with E-state index in [1.165, 1.54) is 22.7 Å². The zero-order valence-electron chi connectivity index (χ0n) is 12.1. The van der Waals surface area contributed by atoms with Crippen molar-refractivity contribution >= 4 is 34.5 Å². The highest BCUT2D eigenvalue weighted by atomic mass is 32.1. The van der Waals surface area contributed by atoms with Gasteiger partial charge in [0.05, 0.1) is 4.88 Å². The molecule has 0 aliphatic carbocycles. The second-order valence-corrected chi connectivity index (χ2v) is 6.74. The molecule has 21 heavy (non-hydrogen) atoms. The molecule has 2 rings (SSSR count). The van der Waals surface area contributed by atoms with E-state index in [1.807, 2.05) is 43.9 Å². The normalized spacial score (nSPS) is 13.4. The van der Waals surface area contributed by atoms with E-state index in [1.54, 1.807) is 10.6 Å². The lowest BCUT2D eigenvalue weighted by atomic mass is 10.0. The molecule has 0 saturated heterocycles. The first kappa shape index (κ1) is 15.7. The van der Waals surface area contributed by atoms with E-state index in [0.717, 1.165) is 0 Å². The Balaban J connectivity index is 2.18. The van der Waals surface area contributed by atoms with Crippen LogP contribution in [0.25, 0.3) is 0 Å². The fraction of sp³-hybridized carbons (Fsp3) is 0.357. The first-order valence-electron chi connectivity index (χ1n) is 6.52. The zero-order chi connectivity index (χ0) is 15.4. The number of amides is 2. The molecule has 2 amide bonds. The van der Waals surface area contributed by atoms with Crippen molar-refractivity contribution in [3.63, 3.8) is 0 Å². The summed E-state index contributed by atoms with van der Waals surface area (Å²) >= 11 is 2.74. The van der Waals surface area contributed by atoms with Gasteiger partial charge in [-0.1, -0.05) is 19.9 Å². The van der Waals surface area contributed by atoms with Crippen molar-refractivity contribution in [1.29, 1.82) is 0 Å². The Labute approximate surface area is 131 Å². The van der Waals surface area contributed by atoms with Gasteiger partial charge in [-0.25, -0.2) is 0 Å². The Morgan fingerprint density at radius 3 is 2.57 bits per heavy atom. The van der Waals surface area contributed by atoms with Crippen molar-refractivity contribution in [1.82, 2.24) is 9.88 Å². The molecule has 1 atom stereocenters. The number of thiophene rings is 1. The number of aromatic nitrogens is 1. The molecule has 1 N–H and O–H groups in total. The van der Waals surface area contributed by atoms with Crippen molar-refractivity contribution < 1.29 is 9.59 Å². The van der Waals surface area contributed by atoms with E-state index in [4.69, 9.17) is 0 Å². The first-order valence-corrected chi connectivity index (χ1v) is 8.28. The first-order chi connectivity index (χ1) is 9.99. The summed E-state index contributed by atoms with van der Waals surface area (Å²) in [7, 11) is 1.83. The van der Waals surface area contributed by atoms with Crippen LogP contribution in [0.15, 0.2) is 34.1 Å². The Hall–Kier alpha value is -1.73. The zero-order valence-corrected chi connectivity index (χ0v) is 13.7. The van der Waals surface area contributed by atoms with E-state index in [9.17, 15) is 9.59 Å². The Kier molecular flexibility index (Phi) is 5.08. The largest absolute Gasteiger partial charge is 0.339 e. The third kappa shape index (κ3) is 3.89. The molecule has 7 heteroatoms. The van der Waals surface area contributed by atoms with Gasteiger partial charge in [0.25, 0.3) is 11.8 Å². The number of carbonyl (C=O) groups excluding carboxylic acids is 2. The summed E-state index contributed by atoms with van der Waals surface area (Å²) in [5.41, 5.74) is 0. The fourth-order valence-corrected chi connectivity index (χ4v) is 3.09. The number of carbonyl (C=O) groups is 2. The van der Waals surface area contributed by atoms with Gasteiger partial charge in [-0.2, -0.15) is 4.99 Å². The van der Waals surface area contributed by atoms with Crippen LogP contribution in [0.4, 0.5) is 0 Å². The van der Waals surface area contributed by atoms with Crippen LogP contribution in [-0.2, 0) is 11.8 Å². The quantitative estimate of drug-likeness (QED) is 0.936. The van der Waals surface area contributed by atoms with Gasteiger partial charge >= 0.3 is 0 Å². The van der Waals surface area contributed by atoms with Gasteiger partial charge in [-0.05, 0) is 17.4 Å². The molecule has 0 bridgehead atoms. The van der Waals surface area contributed by atoms with Crippen molar-refractivity contribution in [2.24, 2.45) is 18.0 Å². The number of nitrogens with one attached hydrogen (secondary N) is 1. The standard InChI is InChI=1S/C14H17N3O2S2/c1-9(2)11(15-12(18)10-5-4-7-20-10)13(19)16-14-17(3)6-8-21-14/h4-9,11H,1-3H3,(H,15,18). The molecule has 0 aliphatic rings. The molecule has 0 saturated carbocycles. The predicted molar refractivity (Wildman–Crippen MR) is 84.3 cm³/mol. The van der Waals surface area contributed by atoms with Crippen LogP contribution in [-0.4, -0.2) is 22.4 Å². The van der Waals surface area contributed by atoms with Crippen LogP contribution in [0.2, 0.25) is 0 Å². The van der Waals surface area contributed by atoms with Crippen molar-refractivity contribution in [2.75, 3.05) is 0 Å². The third-order valence-corrected chi connectivity index (χ3v) is 4.65. The van der Waals surface area contributed by atoms with E-state index in [0.29, 0.717) is 9.68 Å². The molecule has 1 unspecified atom stereocenters. The van der Waals surface area contributed by atoms with Gasteiger partial charge < -0.3 is 9.88 Å². The van der Waals surface area contributed by atoms with Gasteiger partial charge in [-0.3, -0.25) is 9.59 Å². The van der Waals surface area contributed by atoms with Crippen LogP contribution in [0.3, 0.4) is 0 Å². The van der Waals surface area contributed by atoms with Crippen LogP contribution >= 0.6 is 22.7 Å². The number of hydrogen-bond donors (Lipinski definition) is 1. The van der Waals surface area contributed by atoms with Crippen LogP contribution in [0.1, 0.15) is 23.5 Å². The molecule has 0 fully saturated rings. The average Bonchev–Trinajstić information content (AvgIpc) is 3.08. The van der Waals surface area contributed by atoms with Crippen molar-refractivity contribution in [3.8, 4) is 0 Å². The molecule has 0 aliphatic heterocycles. The minimum atomic E-state index is -0.623. The van der Waals surface area contributed by atoms with Crippen LogP contribution < -0.4 is 10.1 Å². The SMILES string of the molecule is CC(C)C(NC(=O)c1cccs1)C(=O)N=c1sccn1C. The molecule has 0 aromatic carbocycles. The maximum atomic E-state index is 12.3. The minimum Gasteiger partial charge on any atom is -0.339 e. The highest BCUT2D eigenvalue weighted by Gasteiger charge is 2.24. The number of thiazole rings is 1. The minimum absolute atomic E-state index is 0.0320. The van der Waals surface area contributed by atoms with Crippen LogP contribution in [0.5, 0.6) is 0 Å². The lowest BCUT2D eigenvalue weighted by Gasteiger charge is -2.18. The third-order valence-electron chi connectivity index (χ3n) is 2.93. The molecule has 2 heterocycles. The molecule has 5 nitrogen and oxygen atoms in total. The van der Waals surface area contributed by atoms with E-state index in [-0.39, 0.29) is 17.7 Å². The topological polar surface area (TPSA) is 63.5 Å². The fourth-order valence-electron chi connectivity index (χ4n) is 1.73. The molecule has 112 valence electrons. The Bertz CT molecular complexity index is 683. The maximum Gasteiger partial charge on any atom is 0.271 e. The summed E-state index contributed by atoms with van der Waals surface area (Å²) in [5, 5.41) is 6.47. The molecular weight excluding hydrogens is 306 g/mol. The summed E-state index contributed by atoms with van der Waals surface area (Å²) in [5.74, 6) is -0.591. The monoisotopic (exact) mass is 323 g/mol. The highest BCUT2D eigenvalue weighted by molar-refractivity contribution is 7.12. The summed E-state index contributed by atoms with van der Waals surface area (Å²) in [4.78, 5) is 29.7. The number of aryl methyl sites for hydroxylation is 1. The predicted octanol–water partition coefficient (Wildman–Crippen LogP) is 2.03. The van der Waals surface area contributed by atoms with Crippen molar-refractivity contribution in [2.45, 2.75) is 19.9 Å². The number of nitrogens with zero attached hydrogens (tertiary/aromatic N) is 2. The lowest BCUT2D eigenvalue weighted by molar-refractivity contribution is -0.120. The van der Waals surface area contributed by atoms with Gasteiger partial charge in [0.2, 0.25) is 0 Å².